The molecule has 1 heterocycles. The SMILES string of the molecule is NCc1cc(CSc2ccc3c(c2)OCCO3)ccc1F. The van der Waals surface area contributed by atoms with Crippen LogP contribution in [-0.4, -0.2) is 13.2 Å². The summed E-state index contributed by atoms with van der Waals surface area (Å²) in [6.07, 6.45) is 0. The van der Waals surface area contributed by atoms with E-state index in [9.17, 15) is 4.39 Å². The van der Waals surface area contributed by atoms with Crippen LogP contribution in [0.4, 0.5) is 4.39 Å². The van der Waals surface area contributed by atoms with Crippen molar-refractivity contribution >= 4 is 11.8 Å². The Bertz CT molecular complexity index is 648. The minimum absolute atomic E-state index is 0.217. The van der Waals surface area contributed by atoms with Crippen molar-refractivity contribution < 1.29 is 13.9 Å². The van der Waals surface area contributed by atoms with Crippen molar-refractivity contribution in [2.45, 2.75) is 17.2 Å². The maximum Gasteiger partial charge on any atom is 0.162 e. The highest BCUT2D eigenvalue weighted by Gasteiger charge is 2.12. The Morgan fingerprint density at radius 2 is 1.86 bits per heavy atom. The van der Waals surface area contributed by atoms with Crippen LogP contribution in [0.5, 0.6) is 11.5 Å². The van der Waals surface area contributed by atoms with Gasteiger partial charge in [-0.2, -0.15) is 0 Å². The fourth-order valence-corrected chi connectivity index (χ4v) is 3.02. The quantitative estimate of drug-likeness (QED) is 0.880. The van der Waals surface area contributed by atoms with Crippen LogP contribution in [0.25, 0.3) is 0 Å². The molecule has 1 aliphatic heterocycles. The minimum atomic E-state index is -0.245. The molecule has 0 fully saturated rings. The first-order chi connectivity index (χ1) is 10.3. The Kier molecular flexibility index (Phi) is 4.31. The van der Waals surface area contributed by atoms with Gasteiger partial charge in [0.05, 0.1) is 0 Å². The third-order valence-corrected chi connectivity index (χ3v) is 4.31. The highest BCUT2D eigenvalue weighted by Crippen LogP contribution is 2.35. The fourth-order valence-electron chi connectivity index (χ4n) is 2.15. The number of fused-ring (bicyclic) bond motifs is 1. The van der Waals surface area contributed by atoms with Crippen LogP contribution in [0.3, 0.4) is 0 Å². The molecule has 0 aliphatic carbocycles. The summed E-state index contributed by atoms with van der Waals surface area (Å²) in [5, 5.41) is 0. The molecule has 0 saturated heterocycles. The van der Waals surface area contributed by atoms with Crippen LogP contribution in [0.15, 0.2) is 41.3 Å². The second-order valence-electron chi connectivity index (χ2n) is 4.72. The number of thioether (sulfide) groups is 1. The lowest BCUT2D eigenvalue weighted by Gasteiger charge is -2.18. The molecule has 0 radical (unpaired) electrons. The molecule has 3 nitrogen and oxygen atoms in total. The van der Waals surface area contributed by atoms with Crippen molar-refractivity contribution in [1.82, 2.24) is 0 Å². The predicted octanol–water partition coefficient (Wildman–Crippen LogP) is 3.35. The van der Waals surface area contributed by atoms with Gasteiger partial charge in [-0.1, -0.05) is 12.1 Å². The van der Waals surface area contributed by atoms with E-state index in [0.29, 0.717) is 18.8 Å². The van der Waals surface area contributed by atoms with E-state index in [1.165, 1.54) is 6.07 Å². The van der Waals surface area contributed by atoms with Crippen molar-refractivity contribution in [2.75, 3.05) is 13.2 Å². The molecule has 0 spiro atoms. The van der Waals surface area contributed by atoms with E-state index in [1.54, 1.807) is 17.8 Å². The first-order valence-electron chi connectivity index (χ1n) is 6.76. The van der Waals surface area contributed by atoms with Gasteiger partial charge < -0.3 is 15.2 Å². The summed E-state index contributed by atoms with van der Waals surface area (Å²) in [7, 11) is 0. The average Bonchev–Trinajstić information content (AvgIpc) is 2.54. The number of hydrogen-bond acceptors (Lipinski definition) is 4. The summed E-state index contributed by atoms with van der Waals surface area (Å²) in [4.78, 5) is 1.10. The third-order valence-electron chi connectivity index (χ3n) is 3.25. The van der Waals surface area contributed by atoms with Crippen molar-refractivity contribution in [2.24, 2.45) is 5.73 Å². The van der Waals surface area contributed by atoms with Gasteiger partial charge in [0.15, 0.2) is 11.5 Å². The lowest BCUT2D eigenvalue weighted by Crippen LogP contribution is -2.15. The molecule has 2 aromatic rings. The molecule has 0 aromatic heterocycles. The van der Waals surface area contributed by atoms with Crippen LogP contribution < -0.4 is 15.2 Å². The Balaban J connectivity index is 1.70. The van der Waals surface area contributed by atoms with Gasteiger partial charge in [-0.05, 0) is 29.8 Å². The highest BCUT2D eigenvalue weighted by atomic mass is 32.2. The topological polar surface area (TPSA) is 44.5 Å². The molecule has 0 unspecified atom stereocenters. The Hall–Kier alpha value is -1.72. The molecular formula is C16H16FNO2S. The van der Waals surface area contributed by atoms with E-state index in [-0.39, 0.29) is 12.4 Å². The van der Waals surface area contributed by atoms with E-state index in [0.717, 1.165) is 27.7 Å². The van der Waals surface area contributed by atoms with Crippen molar-refractivity contribution in [1.29, 1.82) is 0 Å². The fraction of sp³-hybridized carbons (Fsp3) is 0.250. The van der Waals surface area contributed by atoms with E-state index >= 15 is 0 Å². The van der Waals surface area contributed by atoms with Gasteiger partial charge in [-0.15, -0.1) is 11.8 Å². The van der Waals surface area contributed by atoms with Crippen molar-refractivity contribution in [3.05, 3.63) is 53.3 Å². The van der Waals surface area contributed by atoms with Crippen LogP contribution in [0, 0.1) is 5.82 Å². The summed E-state index contributed by atoms with van der Waals surface area (Å²) in [5.74, 6) is 2.09. The summed E-state index contributed by atoms with van der Waals surface area (Å²) in [5.41, 5.74) is 7.13. The number of ether oxygens (including phenoxy) is 2. The number of halogens is 1. The van der Waals surface area contributed by atoms with Crippen LogP contribution in [0.2, 0.25) is 0 Å². The lowest BCUT2D eigenvalue weighted by molar-refractivity contribution is 0.171. The number of hydrogen-bond donors (Lipinski definition) is 1. The largest absolute Gasteiger partial charge is 0.486 e. The Morgan fingerprint density at radius 1 is 1.05 bits per heavy atom. The zero-order valence-electron chi connectivity index (χ0n) is 11.5. The third kappa shape index (κ3) is 3.31. The van der Waals surface area contributed by atoms with Crippen LogP contribution >= 0.6 is 11.8 Å². The summed E-state index contributed by atoms with van der Waals surface area (Å²) >= 11 is 1.67. The molecule has 0 bridgehead atoms. The minimum Gasteiger partial charge on any atom is -0.486 e. The van der Waals surface area contributed by atoms with Crippen LogP contribution in [0.1, 0.15) is 11.1 Å². The molecule has 2 N–H and O–H groups in total. The molecular weight excluding hydrogens is 289 g/mol. The van der Waals surface area contributed by atoms with Gasteiger partial charge in [0, 0.05) is 22.8 Å². The average molecular weight is 305 g/mol. The maximum absolute atomic E-state index is 13.4. The van der Waals surface area contributed by atoms with Gasteiger partial charge in [-0.25, -0.2) is 4.39 Å². The molecule has 3 rings (SSSR count). The summed E-state index contributed by atoms with van der Waals surface area (Å²) < 4.78 is 24.5. The maximum atomic E-state index is 13.4. The molecule has 110 valence electrons. The molecule has 0 atom stereocenters. The normalized spacial score (nSPS) is 13.2. The Morgan fingerprint density at radius 3 is 2.67 bits per heavy atom. The monoisotopic (exact) mass is 305 g/mol. The summed E-state index contributed by atoms with van der Waals surface area (Å²) in [6, 6.07) is 11.0. The molecule has 21 heavy (non-hydrogen) atoms. The number of rotatable bonds is 4. The first kappa shape index (κ1) is 14.2. The van der Waals surface area contributed by atoms with E-state index in [1.807, 2.05) is 24.3 Å². The van der Waals surface area contributed by atoms with E-state index < -0.39 is 0 Å². The second kappa shape index (κ2) is 6.37. The zero-order valence-corrected chi connectivity index (χ0v) is 12.3. The van der Waals surface area contributed by atoms with E-state index in [2.05, 4.69) is 0 Å². The van der Waals surface area contributed by atoms with Crippen molar-refractivity contribution in [3.63, 3.8) is 0 Å². The predicted molar refractivity (Wildman–Crippen MR) is 81.3 cm³/mol. The van der Waals surface area contributed by atoms with Gasteiger partial charge >= 0.3 is 0 Å². The van der Waals surface area contributed by atoms with Gasteiger partial charge in [-0.3, -0.25) is 0 Å². The standard InChI is InChI=1S/C16H16FNO2S/c17-14-3-1-11(7-12(14)9-18)10-21-13-2-4-15-16(8-13)20-6-5-19-15/h1-4,7-8H,5-6,9-10,18H2. The van der Waals surface area contributed by atoms with Gasteiger partial charge in [0.25, 0.3) is 0 Å². The lowest BCUT2D eigenvalue weighted by atomic mass is 10.1. The second-order valence-corrected chi connectivity index (χ2v) is 5.77. The van der Waals surface area contributed by atoms with Gasteiger partial charge in [0.2, 0.25) is 0 Å². The van der Waals surface area contributed by atoms with Crippen LogP contribution in [-0.2, 0) is 12.3 Å². The molecule has 0 saturated carbocycles. The van der Waals surface area contributed by atoms with Crippen molar-refractivity contribution in [3.8, 4) is 11.5 Å². The smallest absolute Gasteiger partial charge is 0.162 e. The molecule has 1 aliphatic rings. The molecule has 2 aromatic carbocycles. The first-order valence-corrected chi connectivity index (χ1v) is 7.74. The number of benzene rings is 2. The molecule has 0 amide bonds. The van der Waals surface area contributed by atoms with Gasteiger partial charge in [0.1, 0.15) is 19.0 Å². The zero-order chi connectivity index (χ0) is 14.7. The number of nitrogens with two attached hydrogens (primary N) is 1. The molecule has 5 heteroatoms. The highest BCUT2D eigenvalue weighted by molar-refractivity contribution is 7.98. The Labute approximate surface area is 127 Å². The summed E-state index contributed by atoms with van der Waals surface area (Å²) in [6.45, 7) is 1.39. The van der Waals surface area contributed by atoms with E-state index in [4.69, 9.17) is 15.2 Å².